The number of nitrogen functional groups attached to an aromatic ring is 1. The Balaban J connectivity index is 1.91. The molecule has 0 amide bonds. The van der Waals surface area contributed by atoms with E-state index in [2.05, 4.69) is 5.10 Å². The van der Waals surface area contributed by atoms with Crippen molar-refractivity contribution in [3.63, 3.8) is 0 Å². The number of rotatable bonds is 2. The highest BCUT2D eigenvalue weighted by atomic mass is 35.5. The molecule has 0 bridgehead atoms. The predicted molar refractivity (Wildman–Crippen MR) is 75.9 cm³/mol. The van der Waals surface area contributed by atoms with Gasteiger partial charge in [-0.2, -0.15) is 5.10 Å². The second kappa shape index (κ2) is 5.42. The van der Waals surface area contributed by atoms with E-state index in [1.807, 2.05) is 0 Å². The molecule has 0 aliphatic carbocycles. The van der Waals surface area contributed by atoms with Crippen molar-refractivity contribution in [3.05, 3.63) is 35.4 Å². The number of hydrogen-bond donors (Lipinski definition) is 1. The third-order valence-electron chi connectivity index (χ3n) is 3.45. The van der Waals surface area contributed by atoms with Crippen LogP contribution in [0.4, 0.5) is 10.1 Å². The van der Waals surface area contributed by atoms with Gasteiger partial charge >= 0.3 is 0 Å². The summed E-state index contributed by atoms with van der Waals surface area (Å²) in [7, 11) is 0. The molecule has 3 rings (SSSR count). The lowest BCUT2D eigenvalue weighted by Gasteiger charge is -2.22. The molecule has 1 fully saturated rings. The predicted octanol–water partition coefficient (Wildman–Crippen LogP) is 3.62. The fourth-order valence-corrected chi connectivity index (χ4v) is 2.51. The quantitative estimate of drug-likeness (QED) is 0.861. The third kappa shape index (κ3) is 2.51. The van der Waals surface area contributed by atoms with Crippen LogP contribution >= 0.6 is 11.6 Å². The van der Waals surface area contributed by atoms with Crippen molar-refractivity contribution in [1.82, 2.24) is 9.78 Å². The minimum absolute atomic E-state index is 0.0650. The molecule has 2 aromatic rings. The van der Waals surface area contributed by atoms with E-state index in [1.54, 1.807) is 17.1 Å². The van der Waals surface area contributed by atoms with Gasteiger partial charge in [-0.25, -0.2) is 9.07 Å². The van der Waals surface area contributed by atoms with Crippen LogP contribution in [-0.4, -0.2) is 16.4 Å². The van der Waals surface area contributed by atoms with Crippen molar-refractivity contribution in [2.75, 3.05) is 12.3 Å². The Bertz CT molecular complexity index is 623. The van der Waals surface area contributed by atoms with Crippen molar-refractivity contribution in [3.8, 4) is 11.1 Å². The summed E-state index contributed by atoms with van der Waals surface area (Å²) in [4.78, 5) is 0. The second-order valence-electron chi connectivity index (χ2n) is 4.88. The minimum atomic E-state index is -0.406. The Morgan fingerprint density at radius 1 is 1.40 bits per heavy atom. The zero-order chi connectivity index (χ0) is 14.1. The van der Waals surface area contributed by atoms with Gasteiger partial charge in [0.25, 0.3) is 0 Å². The van der Waals surface area contributed by atoms with Gasteiger partial charge in [0.1, 0.15) is 12.0 Å². The molecule has 1 aromatic heterocycles. The number of halogens is 2. The monoisotopic (exact) mass is 295 g/mol. The Morgan fingerprint density at radius 2 is 2.25 bits per heavy atom. The Morgan fingerprint density at radius 3 is 3.00 bits per heavy atom. The fraction of sp³-hybridized carbons (Fsp3) is 0.357. The van der Waals surface area contributed by atoms with E-state index < -0.39 is 5.82 Å². The molecule has 1 aliphatic rings. The van der Waals surface area contributed by atoms with Crippen LogP contribution in [0.2, 0.25) is 5.02 Å². The number of hydrogen-bond acceptors (Lipinski definition) is 3. The van der Waals surface area contributed by atoms with E-state index in [9.17, 15) is 4.39 Å². The van der Waals surface area contributed by atoms with Gasteiger partial charge in [-0.3, -0.25) is 0 Å². The zero-order valence-electron chi connectivity index (χ0n) is 10.9. The highest BCUT2D eigenvalue weighted by molar-refractivity contribution is 6.33. The molecule has 6 heteroatoms. The summed E-state index contributed by atoms with van der Waals surface area (Å²) in [5, 5.41) is 4.60. The molecule has 1 atom stereocenters. The normalized spacial score (nSPS) is 19.2. The van der Waals surface area contributed by atoms with E-state index in [-0.39, 0.29) is 11.9 Å². The molecule has 0 spiro atoms. The highest BCUT2D eigenvalue weighted by Gasteiger charge is 2.18. The molecule has 0 saturated carbocycles. The van der Waals surface area contributed by atoms with Gasteiger partial charge in [0.15, 0.2) is 0 Å². The number of nitrogens with zero attached hydrogens (tertiary/aromatic N) is 2. The first-order valence-electron chi connectivity index (χ1n) is 6.56. The van der Waals surface area contributed by atoms with Gasteiger partial charge in [0.2, 0.25) is 0 Å². The molecule has 0 radical (unpaired) electrons. The molecular formula is C14H15ClFN3O. The molecule has 1 unspecified atom stereocenters. The van der Waals surface area contributed by atoms with Gasteiger partial charge in [-0.1, -0.05) is 11.6 Å². The molecule has 1 saturated heterocycles. The smallest absolute Gasteiger partial charge is 0.150 e. The van der Waals surface area contributed by atoms with E-state index in [0.29, 0.717) is 16.1 Å². The molecule has 2 heterocycles. The van der Waals surface area contributed by atoms with Crippen molar-refractivity contribution in [2.24, 2.45) is 0 Å². The standard InChI is InChI=1S/C14H15ClFN3O/c15-11-5-10(12(16)6-13(11)17)9-7-18-19(8-9)14-3-1-2-4-20-14/h5-8,14H,1-4,17H2. The number of anilines is 1. The Labute approximate surface area is 121 Å². The lowest BCUT2D eigenvalue weighted by Crippen LogP contribution is -2.18. The zero-order valence-corrected chi connectivity index (χ0v) is 11.6. The number of ether oxygens (including phenoxy) is 1. The van der Waals surface area contributed by atoms with Crippen LogP contribution in [0, 0.1) is 5.82 Å². The van der Waals surface area contributed by atoms with Crippen molar-refractivity contribution in [1.29, 1.82) is 0 Å². The maximum Gasteiger partial charge on any atom is 0.150 e. The van der Waals surface area contributed by atoms with Crippen molar-refractivity contribution < 1.29 is 9.13 Å². The second-order valence-corrected chi connectivity index (χ2v) is 5.29. The van der Waals surface area contributed by atoms with Crippen LogP contribution in [0.15, 0.2) is 24.5 Å². The van der Waals surface area contributed by atoms with Gasteiger partial charge in [-0.05, 0) is 31.4 Å². The largest absolute Gasteiger partial charge is 0.397 e. The van der Waals surface area contributed by atoms with Crippen molar-refractivity contribution in [2.45, 2.75) is 25.5 Å². The van der Waals surface area contributed by atoms with Crippen LogP contribution in [0.25, 0.3) is 11.1 Å². The van der Waals surface area contributed by atoms with Crippen LogP contribution in [0.5, 0.6) is 0 Å². The average Bonchev–Trinajstić information content (AvgIpc) is 2.93. The topological polar surface area (TPSA) is 53.1 Å². The van der Waals surface area contributed by atoms with E-state index in [0.717, 1.165) is 25.9 Å². The first-order valence-corrected chi connectivity index (χ1v) is 6.93. The Kier molecular flexibility index (Phi) is 3.63. The van der Waals surface area contributed by atoms with E-state index in [1.165, 1.54) is 12.1 Å². The number of aromatic nitrogens is 2. The summed E-state index contributed by atoms with van der Waals surface area (Å²) in [6.45, 7) is 0.738. The SMILES string of the molecule is Nc1cc(F)c(-c2cnn(C3CCCCO3)c2)cc1Cl. The van der Waals surface area contributed by atoms with Crippen LogP contribution < -0.4 is 5.73 Å². The minimum Gasteiger partial charge on any atom is -0.397 e. The summed E-state index contributed by atoms with van der Waals surface area (Å²) in [5.41, 5.74) is 6.87. The first-order chi connectivity index (χ1) is 9.65. The summed E-state index contributed by atoms with van der Waals surface area (Å²) in [6, 6.07) is 2.75. The molecule has 2 N–H and O–H groups in total. The van der Waals surface area contributed by atoms with E-state index in [4.69, 9.17) is 22.1 Å². The van der Waals surface area contributed by atoms with E-state index >= 15 is 0 Å². The lowest BCUT2D eigenvalue weighted by molar-refractivity contribution is -0.0394. The molecule has 106 valence electrons. The molecule has 20 heavy (non-hydrogen) atoms. The third-order valence-corrected chi connectivity index (χ3v) is 3.78. The first kappa shape index (κ1) is 13.4. The molecule has 4 nitrogen and oxygen atoms in total. The molecule has 1 aromatic carbocycles. The van der Waals surface area contributed by atoms with Gasteiger partial charge in [0.05, 0.1) is 16.9 Å². The van der Waals surface area contributed by atoms with Gasteiger partial charge in [0, 0.05) is 23.9 Å². The summed E-state index contributed by atoms with van der Waals surface area (Å²) < 4.78 is 21.3. The summed E-state index contributed by atoms with van der Waals surface area (Å²) >= 11 is 5.95. The fourth-order valence-electron chi connectivity index (χ4n) is 2.35. The van der Waals surface area contributed by atoms with Crippen LogP contribution in [0.3, 0.4) is 0 Å². The Hall–Kier alpha value is -1.59. The summed E-state index contributed by atoms with van der Waals surface area (Å²) in [5.74, 6) is -0.406. The maximum atomic E-state index is 14.0. The average molecular weight is 296 g/mol. The number of benzene rings is 1. The lowest BCUT2D eigenvalue weighted by atomic mass is 10.1. The molecular weight excluding hydrogens is 281 g/mol. The molecule has 1 aliphatic heterocycles. The van der Waals surface area contributed by atoms with Crippen LogP contribution in [0.1, 0.15) is 25.5 Å². The van der Waals surface area contributed by atoms with Crippen LogP contribution in [-0.2, 0) is 4.74 Å². The van der Waals surface area contributed by atoms with Gasteiger partial charge < -0.3 is 10.5 Å². The van der Waals surface area contributed by atoms with Gasteiger partial charge in [-0.15, -0.1) is 0 Å². The highest BCUT2D eigenvalue weighted by Crippen LogP contribution is 2.31. The summed E-state index contributed by atoms with van der Waals surface area (Å²) in [6.07, 6.45) is 6.44. The van der Waals surface area contributed by atoms with Crippen molar-refractivity contribution >= 4 is 17.3 Å². The maximum absolute atomic E-state index is 14.0. The number of nitrogens with two attached hydrogens (primary N) is 1.